The van der Waals surface area contributed by atoms with E-state index in [2.05, 4.69) is 39.5 Å². The molecule has 0 unspecified atom stereocenters. The molecular weight excluding hydrogens is 266 g/mol. The minimum absolute atomic E-state index is 1.14. The second-order valence-corrected chi connectivity index (χ2v) is 7.34. The lowest BCUT2D eigenvalue weighted by Gasteiger charge is -2.31. The Morgan fingerprint density at radius 2 is 1.23 bits per heavy atom. The summed E-state index contributed by atoms with van der Waals surface area (Å²) in [4.78, 5) is 2.64. The molecule has 0 atom stereocenters. The molecule has 0 aromatic carbocycles. The second kappa shape index (κ2) is 10.9. The third kappa shape index (κ3) is 6.58. The highest BCUT2D eigenvalue weighted by molar-refractivity contribution is 5.36. The lowest BCUT2D eigenvalue weighted by molar-refractivity contribution is 0.347. The molecule has 0 saturated carbocycles. The highest BCUT2D eigenvalue weighted by Gasteiger charge is 2.15. The van der Waals surface area contributed by atoms with E-state index in [0.29, 0.717) is 0 Å². The van der Waals surface area contributed by atoms with E-state index in [4.69, 9.17) is 0 Å². The van der Waals surface area contributed by atoms with Crippen molar-refractivity contribution in [1.82, 2.24) is 4.90 Å². The molecule has 0 aliphatic carbocycles. The van der Waals surface area contributed by atoms with Crippen molar-refractivity contribution in [1.29, 1.82) is 0 Å². The summed E-state index contributed by atoms with van der Waals surface area (Å²) in [6, 6.07) is 0. The number of likely N-dealkylation sites (N-methyl/N-ethyl adjacent to an activating group) is 1. The zero-order valence-electron chi connectivity index (χ0n) is 15.9. The highest BCUT2D eigenvalue weighted by Crippen LogP contribution is 2.28. The van der Waals surface area contributed by atoms with E-state index in [1.165, 1.54) is 81.9 Å². The molecule has 1 aliphatic rings. The Hall–Kier alpha value is -0.720. The standard InChI is InChI=1S/C21H39N/c1-6-22-17-15-13-11-9-7-8-10-12-14-16-20(18(2)3)21(22)19(4)5/h6-17H2,1-5H3. The van der Waals surface area contributed by atoms with Gasteiger partial charge in [-0.25, -0.2) is 0 Å². The molecule has 0 bridgehead atoms. The first-order valence-electron chi connectivity index (χ1n) is 9.67. The van der Waals surface area contributed by atoms with Gasteiger partial charge in [-0.15, -0.1) is 0 Å². The minimum Gasteiger partial charge on any atom is -0.372 e. The predicted octanol–water partition coefficient (Wildman–Crippen LogP) is 6.85. The summed E-state index contributed by atoms with van der Waals surface area (Å²) in [7, 11) is 0. The molecule has 128 valence electrons. The van der Waals surface area contributed by atoms with Gasteiger partial charge in [0, 0.05) is 18.8 Å². The Morgan fingerprint density at radius 3 is 1.68 bits per heavy atom. The Bertz CT molecular complexity index is 367. The van der Waals surface area contributed by atoms with Crippen molar-refractivity contribution < 1.29 is 0 Å². The fourth-order valence-corrected chi connectivity index (χ4v) is 3.68. The second-order valence-electron chi connectivity index (χ2n) is 7.34. The van der Waals surface area contributed by atoms with Gasteiger partial charge in [0.1, 0.15) is 0 Å². The quantitative estimate of drug-likeness (QED) is 0.512. The van der Waals surface area contributed by atoms with E-state index in [-0.39, 0.29) is 0 Å². The van der Waals surface area contributed by atoms with Crippen molar-refractivity contribution >= 4 is 0 Å². The number of allylic oxidation sites excluding steroid dienone is 3. The average molecular weight is 306 g/mol. The molecule has 0 radical (unpaired) electrons. The van der Waals surface area contributed by atoms with Crippen LogP contribution in [-0.2, 0) is 0 Å². The smallest absolute Gasteiger partial charge is 0.0384 e. The molecule has 1 fully saturated rings. The molecule has 0 aromatic heterocycles. The summed E-state index contributed by atoms with van der Waals surface area (Å²) in [5.74, 6) is 0. The number of hydrogen-bond acceptors (Lipinski definition) is 1. The van der Waals surface area contributed by atoms with Gasteiger partial charge in [0.15, 0.2) is 0 Å². The van der Waals surface area contributed by atoms with E-state index in [1.54, 1.807) is 11.3 Å². The average Bonchev–Trinajstić information content (AvgIpc) is 2.47. The fraction of sp³-hybridized carbons (Fsp3) is 0.810. The Morgan fingerprint density at radius 1 is 0.727 bits per heavy atom. The molecule has 1 rings (SSSR count). The van der Waals surface area contributed by atoms with Gasteiger partial charge >= 0.3 is 0 Å². The van der Waals surface area contributed by atoms with Crippen LogP contribution in [0.4, 0.5) is 0 Å². The van der Waals surface area contributed by atoms with Crippen molar-refractivity contribution in [2.75, 3.05) is 13.1 Å². The first-order chi connectivity index (χ1) is 10.6. The van der Waals surface area contributed by atoms with Crippen molar-refractivity contribution in [2.45, 2.75) is 98.8 Å². The van der Waals surface area contributed by atoms with Crippen molar-refractivity contribution in [3.8, 4) is 0 Å². The van der Waals surface area contributed by atoms with E-state index in [1.807, 2.05) is 0 Å². The number of nitrogens with zero attached hydrogens (tertiary/aromatic N) is 1. The van der Waals surface area contributed by atoms with Gasteiger partial charge in [0.2, 0.25) is 0 Å². The molecule has 0 spiro atoms. The van der Waals surface area contributed by atoms with Crippen LogP contribution in [-0.4, -0.2) is 18.0 Å². The molecule has 0 N–H and O–H groups in total. The first-order valence-corrected chi connectivity index (χ1v) is 9.67. The van der Waals surface area contributed by atoms with Crippen molar-refractivity contribution in [3.05, 3.63) is 22.4 Å². The van der Waals surface area contributed by atoms with Crippen LogP contribution in [0, 0.1) is 0 Å². The van der Waals surface area contributed by atoms with E-state index >= 15 is 0 Å². The van der Waals surface area contributed by atoms with E-state index in [9.17, 15) is 0 Å². The van der Waals surface area contributed by atoms with Crippen LogP contribution in [0.5, 0.6) is 0 Å². The number of hydrogen-bond donors (Lipinski definition) is 0. The third-order valence-electron chi connectivity index (χ3n) is 4.92. The molecule has 1 saturated heterocycles. The third-order valence-corrected chi connectivity index (χ3v) is 4.92. The molecule has 1 aliphatic heterocycles. The van der Waals surface area contributed by atoms with Gasteiger partial charge in [-0.3, -0.25) is 0 Å². The van der Waals surface area contributed by atoms with Gasteiger partial charge in [0.25, 0.3) is 0 Å². The first kappa shape index (κ1) is 19.3. The zero-order valence-corrected chi connectivity index (χ0v) is 15.9. The topological polar surface area (TPSA) is 3.24 Å². The molecule has 22 heavy (non-hydrogen) atoms. The highest BCUT2D eigenvalue weighted by atomic mass is 15.1. The maximum absolute atomic E-state index is 2.64. The summed E-state index contributed by atoms with van der Waals surface area (Å²) >= 11 is 0. The van der Waals surface area contributed by atoms with Gasteiger partial charge in [-0.2, -0.15) is 0 Å². The van der Waals surface area contributed by atoms with Crippen LogP contribution in [0.1, 0.15) is 98.8 Å². The maximum Gasteiger partial charge on any atom is 0.0384 e. The van der Waals surface area contributed by atoms with Gasteiger partial charge in [0.05, 0.1) is 0 Å². The SMILES string of the molecule is CCN1CCCCCCCCCCCC(=C(C)C)C1=C(C)C. The van der Waals surface area contributed by atoms with Crippen molar-refractivity contribution in [3.63, 3.8) is 0 Å². The molecule has 1 heteroatoms. The van der Waals surface area contributed by atoms with Crippen LogP contribution in [0.3, 0.4) is 0 Å². The van der Waals surface area contributed by atoms with Crippen LogP contribution in [0.25, 0.3) is 0 Å². The monoisotopic (exact) mass is 305 g/mol. The Kier molecular flexibility index (Phi) is 9.59. The lowest BCUT2D eigenvalue weighted by Crippen LogP contribution is -2.26. The summed E-state index contributed by atoms with van der Waals surface area (Å²) in [6.07, 6.45) is 14.0. The Labute approximate surface area is 139 Å². The van der Waals surface area contributed by atoms with E-state index in [0.717, 1.165) is 6.54 Å². The molecule has 1 heterocycles. The molecule has 1 nitrogen and oxygen atoms in total. The van der Waals surface area contributed by atoms with Crippen LogP contribution >= 0.6 is 0 Å². The molecule has 0 amide bonds. The van der Waals surface area contributed by atoms with Gasteiger partial charge < -0.3 is 4.90 Å². The van der Waals surface area contributed by atoms with Gasteiger partial charge in [-0.1, -0.05) is 56.1 Å². The summed E-state index contributed by atoms with van der Waals surface area (Å²) in [5.41, 5.74) is 6.19. The summed E-state index contributed by atoms with van der Waals surface area (Å²) in [6.45, 7) is 13.9. The number of rotatable bonds is 1. The van der Waals surface area contributed by atoms with Crippen molar-refractivity contribution in [2.24, 2.45) is 0 Å². The maximum atomic E-state index is 2.64. The van der Waals surface area contributed by atoms with Crippen LogP contribution < -0.4 is 0 Å². The minimum atomic E-state index is 1.14. The predicted molar refractivity (Wildman–Crippen MR) is 100 cm³/mol. The zero-order chi connectivity index (χ0) is 16.4. The summed E-state index contributed by atoms with van der Waals surface area (Å²) in [5, 5.41) is 0. The molecular formula is C21H39N. The van der Waals surface area contributed by atoms with Crippen LogP contribution in [0.2, 0.25) is 0 Å². The van der Waals surface area contributed by atoms with E-state index < -0.39 is 0 Å². The summed E-state index contributed by atoms with van der Waals surface area (Å²) < 4.78 is 0. The fourth-order valence-electron chi connectivity index (χ4n) is 3.68. The lowest BCUT2D eigenvalue weighted by atomic mass is 9.95. The Balaban J connectivity index is 2.94. The normalized spacial score (nSPS) is 19.8. The van der Waals surface area contributed by atoms with Gasteiger partial charge in [-0.05, 0) is 59.5 Å². The largest absolute Gasteiger partial charge is 0.372 e. The molecule has 0 aromatic rings. The van der Waals surface area contributed by atoms with Crippen LogP contribution in [0.15, 0.2) is 22.4 Å².